The number of hydrogen-bond donors (Lipinski definition) is 2. The van der Waals surface area contributed by atoms with Crippen molar-refractivity contribution in [1.29, 1.82) is 0 Å². The van der Waals surface area contributed by atoms with E-state index >= 15 is 0 Å². The molecule has 1 saturated carbocycles. The molecule has 2 aliphatic carbocycles. The molecule has 1 fully saturated rings. The largest absolute Gasteiger partial charge is 0.506 e. The number of carbonyl (C=O) groups excluding carboxylic acids is 3. The van der Waals surface area contributed by atoms with Gasteiger partial charge in [0.05, 0.1) is 10.9 Å². The van der Waals surface area contributed by atoms with Crippen LogP contribution in [0.25, 0.3) is 11.0 Å². The summed E-state index contributed by atoms with van der Waals surface area (Å²) in [7, 11) is 0. The van der Waals surface area contributed by atoms with E-state index in [4.69, 9.17) is 4.42 Å². The molecule has 0 radical (unpaired) electrons. The number of carbonyl (C=O) groups is 3. The second kappa shape index (κ2) is 4.75. The lowest BCUT2D eigenvalue weighted by atomic mass is 9.49. The molecule has 0 aliphatic heterocycles. The maximum atomic E-state index is 13.0. The lowest BCUT2D eigenvalue weighted by Gasteiger charge is -2.51. The van der Waals surface area contributed by atoms with E-state index in [1.54, 1.807) is 27.7 Å². The maximum absolute atomic E-state index is 13.0. The summed E-state index contributed by atoms with van der Waals surface area (Å²) in [6.45, 7) is 6.77. The summed E-state index contributed by atoms with van der Waals surface area (Å²) < 4.78 is 5.53. The van der Waals surface area contributed by atoms with Crippen molar-refractivity contribution in [2.75, 3.05) is 0 Å². The quantitative estimate of drug-likeness (QED) is 0.555. The van der Waals surface area contributed by atoms with E-state index in [0.29, 0.717) is 12.2 Å². The molecular weight excluding hydrogens is 336 g/mol. The van der Waals surface area contributed by atoms with Crippen LogP contribution in [-0.2, 0) is 15.0 Å². The lowest BCUT2D eigenvalue weighted by Crippen LogP contribution is -2.58. The van der Waals surface area contributed by atoms with Gasteiger partial charge in [-0.3, -0.25) is 14.4 Å². The Hall–Kier alpha value is -2.63. The van der Waals surface area contributed by atoms with E-state index in [9.17, 15) is 24.6 Å². The van der Waals surface area contributed by atoms with Gasteiger partial charge in [0.1, 0.15) is 17.3 Å². The Bertz CT molecular complexity index is 1020. The smallest absolute Gasteiger partial charge is 0.233 e. The zero-order valence-electron chi connectivity index (χ0n) is 15.1. The number of benzene rings is 1. The number of aromatic hydroxyl groups is 2. The summed E-state index contributed by atoms with van der Waals surface area (Å²) in [4.78, 5) is 38.3. The molecular formula is C20H20O6. The molecule has 2 atom stereocenters. The second-order valence-corrected chi connectivity index (χ2v) is 8.24. The van der Waals surface area contributed by atoms with E-state index in [2.05, 4.69) is 0 Å². The molecule has 2 aromatic rings. The van der Waals surface area contributed by atoms with Crippen molar-refractivity contribution in [3.05, 3.63) is 23.0 Å². The summed E-state index contributed by atoms with van der Waals surface area (Å²) in [5.41, 5.74) is -1.84. The van der Waals surface area contributed by atoms with Gasteiger partial charge in [0.25, 0.3) is 0 Å². The lowest BCUT2D eigenvalue weighted by molar-refractivity contribution is -0.144. The Kier molecular flexibility index (Phi) is 3.07. The summed E-state index contributed by atoms with van der Waals surface area (Å²) in [6.07, 6.45) is 0.542. The number of phenolic OH excluding ortho intramolecular Hbond substituents is 2. The molecule has 1 unspecified atom stereocenters. The van der Waals surface area contributed by atoms with Gasteiger partial charge in [0.2, 0.25) is 11.6 Å². The molecule has 2 N–H and O–H groups in total. The van der Waals surface area contributed by atoms with Crippen LogP contribution < -0.4 is 0 Å². The van der Waals surface area contributed by atoms with Crippen molar-refractivity contribution in [1.82, 2.24) is 0 Å². The summed E-state index contributed by atoms with van der Waals surface area (Å²) in [6, 6.07) is 1.52. The third kappa shape index (κ3) is 1.74. The monoisotopic (exact) mass is 356 g/mol. The van der Waals surface area contributed by atoms with Gasteiger partial charge in [0.15, 0.2) is 11.3 Å². The second-order valence-electron chi connectivity index (χ2n) is 8.24. The number of rotatable bonds is 0. The number of hydrogen-bond acceptors (Lipinski definition) is 6. The fourth-order valence-corrected chi connectivity index (χ4v) is 5.07. The van der Waals surface area contributed by atoms with E-state index in [-0.39, 0.29) is 45.8 Å². The topological polar surface area (TPSA) is 105 Å². The van der Waals surface area contributed by atoms with Gasteiger partial charge in [-0.05, 0) is 19.4 Å². The highest BCUT2D eigenvalue weighted by atomic mass is 16.4. The minimum atomic E-state index is -1.03. The van der Waals surface area contributed by atoms with Crippen LogP contribution in [-0.4, -0.2) is 27.6 Å². The maximum Gasteiger partial charge on any atom is 0.233 e. The summed E-state index contributed by atoms with van der Waals surface area (Å²) >= 11 is 0. The molecule has 2 aliphatic rings. The van der Waals surface area contributed by atoms with Crippen molar-refractivity contribution in [3.8, 4) is 11.5 Å². The molecule has 0 bridgehead atoms. The molecule has 0 saturated heterocycles. The van der Waals surface area contributed by atoms with Crippen LogP contribution in [0, 0.1) is 18.3 Å². The average molecular weight is 356 g/mol. The first kappa shape index (κ1) is 16.8. The number of aryl methyl sites for hydroxylation is 1. The highest BCUT2D eigenvalue weighted by Crippen LogP contribution is 2.59. The first-order valence-corrected chi connectivity index (χ1v) is 8.62. The molecule has 0 spiro atoms. The molecule has 4 rings (SSSR count). The molecule has 6 heteroatoms. The highest BCUT2D eigenvalue weighted by molar-refractivity contribution is 6.47. The molecule has 0 amide bonds. The number of ketones is 3. The van der Waals surface area contributed by atoms with Crippen molar-refractivity contribution < 1.29 is 29.0 Å². The van der Waals surface area contributed by atoms with Crippen molar-refractivity contribution >= 4 is 28.3 Å². The Morgan fingerprint density at radius 2 is 1.77 bits per heavy atom. The third-order valence-corrected chi connectivity index (χ3v) is 6.28. The minimum Gasteiger partial charge on any atom is -0.506 e. The number of furan rings is 1. The fourth-order valence-electron chi connectivity index (χ4n) is 5.07. The Balaban J connectivity index is 2.15. The van der Waals surface area contributed by atoms with Crippen LogP contribution in [0.4, 0.5) is 0 Å². The molecule has 26 heavy (non-hydrogen) atoms. The first-order chi connectivity index (χ1) is 12.0. The molecule has 6 nitrogen and oxygen atoms in total. The fraction of sp³-hybridized carbons (Fsp3) is 0.450. The van der Waals surface area contributed by atoms with E-state index in [0.717, 1.165) is 0 Å². The van der Waals surface area contributed by atoms with E-state index in [1.807, 2.05) is 0 Å². The van der Waals surface area contributed by atoms with Crippen LogP contribution in [0.2, 0.25) is 0 Å². The molecule has 1 aromatic heterocycles. The van der Waals surface area contributed by atoms with Crippen LogP contribution in [0.1, 0.15) is 55.3 Å². The summed E-state index contributed by atoms with van der Waals surface area (Å²) in [5.74, 6) is -2.64. The van der Waals surface area contributed by atoms with Crippen LogP contribution in [0.15, 0.2) is 10.5 Å². The SMILES string of the molecule is Cc1cc2c(O)c3c(c(O)c2o1)[C@@]1(C)CCC(=O)C(C)(C)C1C(=O)C3=O. The van der Waals surface area contributed by atoms with Crippen molar-refractivity contribution in [2.45, 2.75) is 46.0 Å². The highest BCUT2D eigenvalue weighted by Gasteiger charge is 2.61. The van der Waals surface area contributed by atoms with Crippen LogP contribution in [0.3, 0.4) is 0 Å². The van der Waals surface area contributed by atoms with Gasteiger partial charge in [-0.25, -0.2) is 0 Å². The van der Waals surface area contributed by atoms with Crippen LogP contribution >= 0.6 is 0 Å². The number of fused-ring (bicyclic) bond motifs is 4. The van der Waals surface area contributed by atoms with Gasteiger partial charge in [-0.2, -0.15) is 0 Å². The molecule has 1 aromatic carbocycles. The summed E-state index contributed by atoms with van der Waals surface area (Å²) in [5, 5.41) is 21.8. The Labute approximate surface area is 149 Å². The average Bonchev–Trinajstić information content (AvgIpc) is 2.95. The van der Waals surface area contributed by atoms with Crippen LogP contribution in [0.5, 0.6) is 11.5 Å². The first-order valence-electron chi connectivity index (χ1n) is 8.62. The predicted molar refractivity (Wildman–Crippen MR) is 92.5 cm³/mol. The number of Topliss-reactive ketones (excluding diaryl/α,β-unsaturated/α-hetero) is 3. The Morgan fingerprint density at radius 3 is 2.42 bits per heavy atom. The Morgan fingerprint density at radius 1 is 1.12 bits per heavy atom. The van der Waals surface area contributed by atoms with Gasteiger partial charge in [0, 0.05) is 28.7 Å². The van der Waals surface area contributed by atoms with E-state index < -0.39 is 28.3 Å². The predicted octanol–water partition coefficient (Wildman–Crippen LogP) is 3.18. The normalized spacial score (nSPS) is 27.5. The zero-order chi connectivity index (χ0) is 19.2. The van der Waals surface area contributed by atoms with Crippen molar-refractivity contribution in [2.24, 2.45) is 11.3 Å². The van der Waals surface area contributed by atoms with Crippen molar-refractivity contribution in [3.63, 3.8) is 0 Å². The zero-order valence-corrected chi connectivity index (χ0v) is 15.1. The minimum absolute atomic E-state index is 0.0804. The van der Waals surface area contributed by atoms with Gasteiger partial charge in [-0.1, -0.05) is 20.8 Å². The number of phenols is 2. The van der Waals surface area contributed by atoms with Gasteiger partial charge in [-0.15, -0.1) is 0 Å². The van der Waals surface area contributed by atoms with Gasteiger partial charge < -0.3 is 14.6 Å². The standard InChI is InChI=1S/C20H20O6/c1-8-7-9-13(22)11-12(15(24)17(9)26-8)20(4)6-5-10(21)19(2,3)18(20)16(25)14(11)23/h7,18,22,24H,5-6H2,1-4H3/t18?,20-/m1/s1. The third-order valence-electron chi connectivity index (χ3n) is 6.28. The van der Waals surface area contributed by atoms with Gasteiger partial charge >= 0.3 is 0 Å². The molecule has 1 heterocycles. The molecule has 136 valence electrons. The van der Waals surface area contributed by atoms with E-state index in [1.165, 1.54) is 6.07 Å².